The summed E-state index contributed by atoms with van der Waals surface area (Å²) in [5, 5.41) is 12.0. The number of hydrogen-bond donors (Lipinski definition) is 2. The van der Waals surface area contributed by atoms with Crippen LogP contribution in [0, 0.1) is 11.8 Å². The van der Waals surface area contributed by atoms with Crippen molar-refractivity contribution in [3.05, 3.63) is 52.5 Å². The Balaban J connectivity index is 1.64. The maximum Gasteiger partial charge on any atom is 0.392 e. The van der Waals surface area contributed by atoms with Crippen molar-refractivity contribution in [1.29, 1.82) is 0 Å². The molecule has 1 amide bonds. The van der Waals surface area contributed by atoms with Crippen molar-refractivity contribution in [2.45, 2.75) is 44.2 Å². The molecule has 2 aromatic rings. The second-order valence-electron chi connectivity index (χ2n) is 8.69. The van der Waals surface area contributed by atoms with Gasteiger partial charge in [0.2, 0.25) is 12.7 Å². The number of nitrogens with one attached hydrogen (secondary N) is 1. The molecule has 1 heterocycles. The monoisotopic (exact) mass is 497 g/mol. The second kappa shape index (κ2) is 9.37. The zero-order chi connectivity index (χ0) is 24.6. The fourth-order valence-electron chi connectivity index (χ4n) is 4.29. The van der Waals surface area contributed by atoms with Gasteiger partial charge in [-0.2, -0.15) is 13.2 Å². The highest BCUT2D eigenvalue weighted by Crippen LogP contribution is 2.46. The molecule has 0 spiro atoms. The molecule has 0 radical (unpaired) electrons. The van der Waals surface area contributed by atoms with Crippen molar-refractivity contribution in [2.75, 3.05) is 12.1 Å². The molecule has 2 aliphatic rings. The largest absolute Gasteiger partial charge is 0.481 e. The third-order valence-corrected chi connectivity index (χ3v) is 6.65. The van der Waals surface area contributed by atoms with Gasteiger partial charge < -0.3 is 19.9 Å². The number of amides is 1. The van der Waals surface area contributed by atoms with Gasteiger partial charge in [-0.25, -0.2) is 0 Å². The van der Waals surface area contributed by atoms with Gasteiger partial charge in [0.15, 0.2) is 11.5 Å². The molecule has 2 N–H and O–H groups in total. The Morgan fingerprint density at radius 3 is 2.44 bits per heavy atom. The minimum absolute atomic E-state index is 0.0502. The summed E-state index contributed by atoms with van der Waals surface area (Å²) >= 11 is 6.25. The lowest BCUT2D eigenvalue weighted by Crippen LogP contribution is -2.34. The standard InChI is InChI=1S/C24H23ClF3NO5/c1-12(24(26,27)28)22(15-5-7-19-20(9-15)34-11-33-19)23(32)29-18-8-14(4-6-17(18)25)16(10-21(30)31)13-2-3-13/h4-9,12-13,16,22H,2-3,10-11H2,1H3,(H,29,32)(H,30,31)/t12-,16+,22-/m1/s1. The van der Waals surface area contributed by atoms with Crippen LogP contribution in [-0.4, -0.2) is 30.0 Å². The molecule has 0 saturated heterocycles. The number of carboxylic acid groups (broad SMARTS) is 1. The van der Waals surface area contributed by atoms with Crippen LogP contribution in [-0.2, 0) is 9.59 Å². The number of anilines is 1. The van der Waals surface area contributed by atoms with Crippen molar-refractivity contribution in [2.24, 2.45) is 11.8 Å². The summed E-state index contributed by atoms with van der Waals surface area (Å²) in [5.41, 5.74) is 0.939. The van der Waals surface area contributed by atoms with E-state index in [1.807, 2.05) is 0 Å². The lowest BCUT2D eigenvalue weighted by Gasteiger charge is -2.26. The van der Waals surface area contributed by atoms with E-state index in [2.05, 4.69) is 5.32 Å². The molecule has 182 valence electrons. The first-order valence-corrected chi connectivity index (χ1v) is 11.2. The van der Waals surface area contributed by atoms with Crippen molar-refractivity contribution in [1.82, 2.24) is 0 Å². The second-order valence-corrected chi connectivity index (χ2v) is 9.10. The smallest absolute Gasteiger partial charge is 0.392 e. The van der Waals surface area contributed by atoms with Crippen LogP contribution in [0.1, 0.15) is 49.1 Å². The Hall–Kier alpha value is -2.94. The van der Waals surface area contributed by atoms with E-state index in [4.69, 9.17) is 21.1 Å². The summed E-state index contributed by atoms with van der Waals surface area (Å²) in [7, 11) is 0. The van der Waals surface area contributed by atoms with Crippen LogP contribution in [0.4, 0.5) is 18.9 Å². The highest BCUT2D eigenvalue weighted by Gasteiger charge is 2.45. The number of fused-ring (bicyclic) bond motifs is 1. The topological polar surface area (TPSA) is 84.9 Å². The van der Waals surface area contributed by atoms with Gasteiger partial charge in [-0.3, -0.25) is 9.59 Å². The van der Waals surface area contributed by atoms with Crippen LogP contribution in [0.15, 0.2) is 36.4 Å². The van der Waals surface area contributed by atoms with E-state index in [1.54, 1.807) is 12.1 Å². The molecule has 1 aliphatic carbocycles. The van der Waals surface area contributed by atoms with E-state index < -0.39 is 29.9 Å². The minimum Gasteiger partial charge on any atom is -0.481 e. The number of benzene rings is 2. The summed E-state index contributed by atoms with van der Waals surface area (Å²) in [6, 6.07) is 9.03. The molecule has 1 saturated carbocycles. The number of aliphatic carboxylic acids is 1. The van der Waals surface area contributed by atoms with Gasteiger partial charge in [0, 0.05) is 0 Å². The number of carboxylic acids is 1. The van der Waals surface area contributed by atoms with Crippen molar-refractivity contribution in [3.8, 4) is 11.5 Å². The Labute approximate surface area is 199 Å². The SMILES string of the molecule is C[C@H]([C@@H](C(=O)Nc1cc([C@@H](CC(=O)O)C2CC2)ccc1Cl)c1ccc2c(c1)OCO2)C(F)(F)F. The normalized spacial score (nSPS) is 17.7. The Morgan fingerprint density at radius 1 is 1.12 bits per heavy atom. The molecular formula is C24H23ClF3NO5. The number of rotatable bonds is 8. The molecular weight excluding hydrogens is 475 g/mol. The molecule has 1 fully saturated rings. The van der Waals surface area contributed by atoms with Crippen molar-refractivity contribution >= 4 is 29.2 Å². The summed E-state index contributed by atoms with van der Waals surface area (Å²) in [6.45, 7) is 0.897. The van der Waals surface area contributed by atoms with E-state index in [-0.39, 0.29) is 47.1 Å². The number of hydrogen-bond acceptors (Lipinski definition) is 4. The number of carbonyl (C=O) groups is 2. The van der Waals surface area contributed by atoms with E-state index in [1.165, 1.54) is 24.3 Å². The predicted octanol–water partition coefficient (Wildman–Crippen LogP) is 5.96. The number of ether oxygens (including phenoxy) is 2. The number of halogens is 4. The fourth-order valence-corrected chi connectivity index (χ4v) is 4.45. The summed E-state index contributed by atoms with van der Waals surface area (Å²) in [5.74, 6) is -4.79. The predicted molar refractivity (Wildman–Crippen MR) is 118 cm³/mol. The average molecular weight is 498 g/mol. The van der Waals surface area contributed by atoms with Crippen LogP contribution in [0.5, 0.6) is 11.5 Å². The molecule has 0 bridgehead atoms. The highest BCUT2D eigenvalue weighted by molar-refractivity contribution is 6.33. The van der Waals surface area contributed by atoms with Crippen molar-refractivity contribution in [3.63, 3.8) is 0 Å². The molecule has 0 aromatic heterocycles. The number of carbonyl (C=O) groups excluding carboxylic acids is 1. The zero-order valence-corrected chi connectivity index (χ0v) is 18.9. The Bertz CT molecular complexity index is 1100. The van der Waals surface area contributed by atoms with E-state index >= 15 is 0 Å². The van der Waals surface area contributed by atoms with E-state index in [0.717, 1.165) is 19.8 Å². The molecule has 10 heteroatoms. The quantitative estimate of drug-likeness (QED) is 0.470. The van der Waals surface area contributed by atoms with Crippen LogP contribution < -0.4 is 14.8 Å². The maximum atomic E-state index is 13.7. The van der Waals surface area contributed by atoms with Gasteiger partial charge in [0.25, 0.3) is 0 Å². The van der Waals surface area contributed by atoms with Gasteiger partial charge in [0.1, 0.15) is 0 Å². The molecule has 34 heavy (non-hydrogen) atoms. The number of alkyl halides is 3. The average Bonchev–Trinajstić information content (AvgIpc) is 3.50. The Kier molecular flexibility index (Phi) is 6.66. The van der Waals surface area contributed by atoms with E-state index in [0.29, 0.717) is 11.3 Å². The first-order chi connectivity index (χ1) is 16.0. The summed E-state index contributed by atoms with van der Waals surface area (Å²) in [6.07, 6.45) is -2.91. The van der Waals surface area contributed by atoms with Gasteiger partial charge in [0.05, 0.1) is 29.0 Å². The first-order valence-electron chi connectivity index (χ1n) is 10.8. The zero-order valence-electron chi connectivity index (χ0n) is 18.2. The molecule has 1 aliphatic heterocycles. The fraction of sp³-hybridized carbons (Fsp3) is 0.417. The van der Waals surface area contributed by atoms with Crippen LogP contribution in [0.25, 0.3) is 0 Å². The van der Waals surface area contributed by atoms with Crippen LogP contribution >= 0.6 is 11.6 Å². The first kappa shape index (κ1) is 24.2. The van der Waals surface area contributed by atoms with Crippen LogP contribution in [0.3, 0.4) is 0 Å². The molecule has 2 aromatic carbocycles. The lowest BCUT2D eigenvalue weighted by atomic mass is 9.85. The van der Waals surface area contributed by atoms with Gasteiger partial charge >= 0.3 is 12.1 Å². The highest BCUT2D eigenvalue weighted by atomic mass is 35.5. The lowest BCUT2D eigenvalue weighted by molar-refractivity contribution is -0.178. The molecule has 3 atom stereocenters. The molecule has 6 nitrogen and oxygen atoms in total. The molecule has 4 rings (SSSR count). The third-order valence-electron chi connectivity index (χ3n) is 6.32. The minimum atomic E-state index is -4.64. The van der Waals surface area contributed by atoms with Crippen molar-refractivity contribution < 1.29 is 37.3 Å². The third kappa shape index (κ3) is 5.24. The van der Waals surface area contributed by atoms with Gasteiger partial charge in [-0.15, -0.1) is 0 Å². The maximum absolute atomic E-state index is 13.7. The van der Waals surface area contributed by atoms with Gasteiger partial charge in [-0.1, -0.05) is 30.7 Å². The summed E-state index contributed by atoms with van der Waals surface area (Å²) in [4.78, 5) is 24.5. The van der Waals surface area contributed by atoms with E-state index in [9.17, 15) is 27.9 Å². The Morgan fingerprint density at radius 2 is 1.79 bits per heavy atom. The molecule has 0 unspecified atom stereocenters. The van der Waals surface area contributed by atoms with Gasteiger partial charge in [-0.05, 0) is 60.1 Å². The summed E-state index contributed by atoms with van der Waals surface area (Å²) < 4.78 is 51.6. The van der Waals surface area contributed by atoms with Crippen LogP contribution in [0.2, 0.25) is 5.02 Å².